The lowest BCUT2D eigenvalue weighted by Crippen LogP contribution is -2.35. The molecular formula is C21H23N5O. The van der Waals surface area contributed by atoms with Crippen LogP contribution >= 0.6 is 0 Å². The van der Waals surface area contributed by atoms with Crippen LogP contribution in [-0.4, -0.2) is 31.7 Å². The number of hydrogen-bond acceptors (Lipinski definition) is 4. The molecule has 2 aromatic heterocycles. The van der Waals surface area contributed by atoms with Crippen LogP contribution in [0, 0.1) is 0 Å². The zero-order valence-corrected chi connectivity index (χ0v) is 15.2. The average molecular weight is 361 g/mol. The maximum atomic E-state index is 12.3. The molecule has 0 radical (unpaired) electrons. The predicted octanol–water partition coefficient (Wildman–Crippen LogP) is 2.79. The van der Waals surface area contributed by atoms with E-state index in [-0.39, 0.29) is 11.9 Å². The molecule has 138 valence electrons. The molecule has 0 saturated heterocycles. The van der Waals surface area contributed by atoms with Gasteiger partial charge in [-0.05, 0) is 30.9 Å². The van der Waals surface area contributed by atoms with Gasteiger partial charge in [0.05, 0.1) is 0 Å². The van der Waals surface area contributed by atoms with E-state index in [0.717, 1.165) is 55.0 Å². The van der Waals surface area contributed by atoms with Gasteiger partial charge in [-0.2, -0.15) is 0 Å². The number of nitrogens with zero attached hydrogens (tertiary/aromatic N) is 4. The number of benzene rings is 1. The minimum absolute atomic E-state index is 0.102. The standard InChI is InChI=1S/C21H23N5O/c27-20(11-8-16-5-4-13-22-15-16)23-18-9-10-19-24-25-21(26(19)14-12-18)17-6-2-1-3-7-17/h1-7,13,15,18H,8-12,14H2,(H,23,27). The smallest absolute Gasteiger partial charge is 0.220 e. The molecule has 6 nitrogen and oxygen atoms in total. The van der Waals surface area contributed by atoms with Crippen LogP contribution in [-0.2, 0) is 24.2 Å². The normalized spacial score (nSPS) is 16.4. The number of amides is 1. The Labute approximate surface area is 158 Å². The third-order valence-corrected chi connectivity index (χ3v) is 5.01. The Kier molecular flexibility index (Phi) is 5.23. The van der Waals surface area contributed by atoms with E-state index >= 15 is 0 Å². The lowest BCUT2D eigenvalue weighted by Gasteiger charge is -2.16. The van der Waals surface area contributed by atoms with Gasteiger partial charge in [-0.15, -0.1) is 10.2 Å². The number of aromatic nitrogens is 4. The van der Waals surface area contributed by atoms with E-state index < -0.39 is 0 Å². The molecule has 1 unspecified atom stereocenters. The molecule has 3 heterocycles. The van der Waals surface area contributed by atoms with Gasteiger partial charge >= 0.3 is 0 Å². The van der Waals surface area contributed by atoms with Gasteiger partial charge in [-0.25, -0.2) is 0 Å². The highest BCUT2D eigenvalue weighted by molar-refractivity contribution is 5.76. The van der Waals surface area contributed by atoms with Crippen molar-refractivity contribution in [2.75, 3.05) is 0 Å². The molecule has 0 spiro atoms. The number of aryl methyl sites for hydroxylation is 2. The van der Waals surface area contributed by atoms with Gasteiger partial charge in [0.2, 0.25) is 5.91 Å². The Balaban J connectivity index is 1.35. The van der Waals surface area contributed by atoms with E-state index in [1.807, 2.05) is 36.5 Å². The predicted molar refractivity (Wildman–Crippen MR) is 103 cm³/mol. The first-order chi connectivity index (χ1) is 13.3. The quantitative estimate of drug-likeness (QED) is 0.758. The van der Waals surface area contributed by atoms with Gasteiger partial charge < -0.3 is 9.88 Å². The molecule has 4 rings (SSSR count). The van der Waals surface area contributed by atoms with E-state index in [2.05, 4.69) is 37.2 Å². The van der Waals surface area contributed by atoms with Gasteiger partial charge in [0, 0.05) is 43.4 Å². The molecule has 1 aliphatic rings. The molecule has 27 heavy (non-hydrogen) atoms. The fraction of sp³-hybridized carbons (Fsp3) is 0.333. The lowest BCUT2D eigenvalue weighted by molar-refractivity contribution is -0.121. The second-order valence-corrected chi connectivity index (χ2v) is 6.91. The van der Waals surface area contributed by atoms with Crippen LogP contribution in [0.5, 0.6) is 0 Å². The summed E-state index contributed by atoms with van der Waals surface area (Å²) in [6.07, 6.45) is 7.38. The zero-order valence-electron chi connectivity index (χ0n) is 15.2. The Morgan fingerprint density at radius 1 is 1.11 bits per heavy atom. The van der Waals surface area contributed by atoms with Gasteiger partial charge in [0.15, 0.2) is 5.82 Å². The second-order valence-electron chi connectivity index (χ2n) is 6.91. The molecule has 0 saturated carbocycles. The third kappa shape index (κ3) is 4.22. The second kappa shape index (κ2) is 8.12. The maximum absolute atomic E-state index is 12.3. The van der Waals surface area contributed by atoms with Crippen LogP contribution in [0.3, 0.4) is 0 Å². The van der Waals surface area contributed by atoms with E-state index in [1.165, 1.54) is 0 Å². The average Bonchev–Trinajstić information content (AvgIpc) is 3.02. The minimum Gasteiger partial charge on any atom is -0.353 e. The summed E-state index contributed by atoms with van der Waals surface area (Å²) in [5.41, 5.74) is 2.17. The molecule has 6 heteroatoms. The molecule has 0 aliphatic carbocycles. The fourth-order valence-electron chi connectivity index (χ4n) is 3.54. The molecule has 1 aliphatic heterocycles. The monoisotopic (exact) mass is 361 g/mol. The van der Waals surface area contributed by atoms with Gasteiger partial charge in [0.1, 0.15) is 5.82 Å². The Morgan fingerprint density at radius 3 is 2.81 bits per heavy atom. The number of nitrogens with one attached hydrogen (secondary N) is 1. The topological polar surface area (TPSA) is 72.7 Å². The van der Waals surface area contributed by atoms with E-state index in [0.29, 0.717) is 6.42 Å². The van der Waals surface area contributed by atoms with Gasteiger partial charge in [-0.1, -0.05) is 36.4 Å². The summed E-state index contributed by atoms with van der Waals surface area (Å²) < 4.78 is 2.19. The first-order valence-electron chi connectivity index (χ1n) is 9.45. The van der Waals surface area contributed by atoms with Crippen molar-refractivity contribution in [3.05, 3.63) is 66.2 Å². The van der Waals surface area contributed by atoms with Crippen molar-refractivity contribution >= 4 is 5.91 Å². The first kappa shape index (κ1) is 17.4. The summed E-state index contributed by atoms with van der Waals surface area (Å²) in [7, 11) is 0. The number of pyridine rings is 1. The number of carbonyl (C=O) groups is 1. The molecular weight excluding hydrogens is 338 g/mol. The number of carbonyl (C=O) groups excluding carboxylic acids is 1. The third-order valence-electron chi connectivity index (χ3n) is 5.01. The van der Waals surface area contributed by atoms with Crippen molar-refractivity contribution in [1.82, 2.24) is 25.1 Å². The summed E-state index contributed by atoms with van der Waals surface area (Å²) in [5.74, 6) is 2.01. The zero-order chi connectivity index (χ0) is 18.5. The van der Waals surface area contributed by atoms with Crippen LogP contribution < -0.4 is 5.32 Å². The molecule has 1 aromatic carbocycles. The van der Waals surface area contributed by atoms with E-state index in [9.17, 15) is 4.79 Å². The van der Waals surface area contributed by atoms with E-state index in [1.54, 1.807) is 6.20 Å². The highest BCUT2D eigenvalue weighted by Crippen LogP contribution is 2.22. The number of hydrogen-bond donors (Lipinski definition) is 1. The molecule has 3 aromatic rings. The van der Waals surface area contributed by atoms with Crippen LogP contribution in [0.2, 0.25) is 0 Å². The summed E-state index contributed by atoms with van der Waals surface area (Å²) in [4.78, 5) is 16.4. The number of fused-ring (bicyclic) bond motifs is 1. The minimum atomic E-state index is 0.102. The molecule has 1 N–H and O–H groups in total. The Bertz CT molecular complexity index is 891. The largest absolute Gasteiger partial charge is 0.353 e. The van der Waals surface area contributed by atoms with Crippen molar-refractivity contribution < 1.29 is 4.79 Å². The Hall–Kier alpha value is -3.02. The lowest BCUT2D eigenvalue weighted by atomic mass is 10.1. The first-order valence-corrected chi connectivity index (χ1v) is 9.45. The summed E-state index contributed by atoms with van der Waals surface area (Å²) in [6, 6.07) is 14.2. The summed E-state index contributed by atoms with van der Waals surface area (Å²) in [6.45, 7) is 0.820. The van der Waals surface area contributed by atoms with Crippen molar-refractivity contribution in [2.45, 2.75) is 44.7 Å². The molecule has 1 amide bonds. The highest BCUT2D eigenvalue weighted by atomic mass is 16.1. The maximum Gasteiger partial charge on any atom is 0.220 e. The van der Waals surface area contributed by atoms with Crippen LogP contribution in [0.15, 0.2) is 54.9 Å². The number of rotatable bonds is 5. The van der Waals surface area contributed by atoms with E-state index in [4.69, 9.17) is 0 Å². The fourth-order valence-corrected chi connectivity index (χ4v) is 3.54. The highest BCUT2D eigenvalue weighted by Gasteiger charge is 2.21. The SMILES string of the molecule is O=C(CCc1cccnc1)NC1CCc2nnc(-c3ccccc3)n2CC1. The van der Waals surface area contributed by atoms with Crippen LogP contribution in [0.4, 0.5) is 0 Å². The summed E-state index contributed by atoms with van der Waals surface area (Å²) in [5, 5.41) is 11.9. The summed E-state index contributed by atoms with van der Waals surface area (Å²) >= 11 is 0. The van der Waals surface area contributed by atoms with Gasteiger partial charge in [0.25, 0.3) is 0 Å². The molecule has 0 fully saturated rings. The molecule has 1 atom stereocenters. The van der Waals surface area contributed by atoms with Crippen LogP contribution in [0.1, 0.15) is 30.7 Å². The Morgan fingerprint density at radius 2 is 2.00 bits per heavy atom. The van der Waals surface area contributed by atoms with Crippen molar-refractivity contribution in [3.63, 3.8) is 0 Å². The van der Waals surface area contributed by atoms with Crippen molar-refractivity contribution in [1.29, 1.82) is 0 Å². The van der Waals surface area contributed by atoms with Crippen molar-refractivity contribution in [3.8, 4) is 11.4 Å². The van der Waals surface area contributed by atoms with Gasteiger partial charge in [-0.3, -0.25) is 9.78 Å². The van der Waals surface area contributed by atoms with Crippen LogP contribution in [0.25, 0.3) is 11.4 Å². The van der Waals surface area contributed by atoms with Crippen molar-refractivity contribution in [2.24, 2.45) is 0 Å². The molecule has 0 bridgehead atoms.